The standard InChI is InChI=1S/C16H24N4O/c1-5-17-14(13-8-6-7-9-15(13)21-4)10-16-18-11-19-20(16)12(2)3/h6-9,11-12,14,17H,5,10H2,1-4H3. The van der Waals surface area contributed by atoms with Crippen LogP contribution in [0.3, 0.4) is 0 Å². The van der Waals surface area contributed by atoms with E-state index in [4.69, 9.17) is 4.74 Å². The normalized spacial score (nSPS) is 12.6. The molecule has 21 heavy (non-hydrogen) atoms. The molecule has 0 aliphatic heterocycles. The lowest BCUT2D eigenvalue weighted by molar-refractivity contribution is 0.395. The summed E-state index contributed by atoms with van der Waals surface area (Å²) in [5.74, 6) is 1.89. The lowest BCUT2D eigenvalue weighted by Gasteiger charge is -2.21. The molecule has 114 valence electrons. The fourth-order valence-electron chi connectivity index (χ4n) is 2.53. The second-order valence-corrected chi connectivity index (χ2v) is 5.27. The zero-order valence-electron chi connectivity index (χ0n) is 13.2. The van der Waals surface area contributed by atoms with Crippen LogP contribution >= 0.6 is 0 Å². The fourth-order valence-corrected chi connectivity index (χ4v) is 2.53. The Labute approximate surface area is 126 Å². The summed E-state index contributed by atoms with van der Waals surface area (Å²) in [6.07, 6.45) is 2.41. The smallest absolute Gasteiger partial charge is 0.138 e. The van der Waals surface area contributed by atoms with Gasteiger partial charge in [-0.2, -0.15) is 5.10 Å². The van der Waals surface area contributed by atoms with Crippen LogP contribution in [-0.4, -0.2) is 28.4 Å². The van der Waals surface area contributed by atoms with Crippen molar-refractivity contribution in [3.05, 3.63) is 42.0 Å². The first-order valence-corrected chi connectivity index (χ1v) is 7.42. The summed E-state index contributed by atoms with van der Waals surface area (Å²) >= 11 is 0. The molecule has 0 radical (unpaired) electrons. The highest BCUT2D eigenvalue weighted by molar-refractivity contribution is 5.36. The van der Waals surface area contributed by atoms with Gasteiger partial charge in [-0.1, -0.05) is 25.1 Å². The number of rotatable bonds is 7. The Morgan fingerprint density at radius 3 is 2.71 bits per heavy atom. The molecule has 5 heteroatoms. The Kier molecular flexibility index (Phi) is 5.33. The highest BCUT2D eigenvalue weighted by atomic mass is 16.5. The van der Waals surface area contributed by atoms with E-state index in [0.29, 0.717) is 6.04 Å². The first kappa shape index (κ1) is 15.5. The summed E-state index contributed by atoms with van der Waals surface area (Å²) in [5.41, 5.74) is 1.15. The van der Waals surface area contributed by atoms with E-state index in [2.05, 4.69) is 42.2 Å². The number of methoxy groups -OCH3 is 1. The SMILES string of the molecule is CCNC(Cc1ncnn1C(C)C)c1ccccc1OC. The summed E-state index contributed by atoms with van der Waals surface area (Å²) in [7, 11) is 1.71. The van der Waals surface area contributed by atoms with Gasteiger partial charge in [0, 0.05) is 24.1 Å². The Balaban J connectivity index is 2.29. The molecule has 0 amide bonds. The third-order valence-electron chi connectivity index (χ3n) is 3.49. The van der Waals surface area contributed by atoms with Crippen molar-refractivity contribution in [3.8, 4) is 5.75 Å². The molecule has 0 aliphatic rings. The molecule has 1 aromatic heterocycles. The highest BCUT2D eigenvalue weighted by Crippen LogP contribution is 2.27. The van der Waals surface area contributed by atoms with Gasteiger partial charge in [-0.15, -0.1) is 0 Å². The molecule has 0 spiro atoms. The largest absolute Gasteiger partial charge is 0.496 e. The maximum absolute atomic E-state index is 5.49. The molecular formula is C16H24N4O. The van der Waals surface area contributed by atoms with Gasteiger partial charge in [0.1, 0.15) is 17.9 Å². The van der Waals surface area contributed by atoms with E-state index in [0.717, 1.165) is 30.1 Å². The molecule has 1 atom stereocenters. The van der Waals surface area contributed by atoms with Crippen LogP contribution in [0.4, 0.5) is 0 Å². The molecule has 2 aromatic rings. The van der Waals surface area contributed by atoms with E-state index in [1.807, 2.05) is 22.9 Å². The maximum Gasteiger partial charge on any atom is 0.138 e. The Morgan fingerprint density at radius 1 is 1.29 bits per heavy atom. The Bertz CT molecular complexity index is 565. The van der Waals surface area contributed by atoms with Crippen molar-refractivity contribution in [2.75, 3.05) is 13.7 Å². The van der Waals surface area contributed by atoms with E-state index >= 15 is 0 Å². The summed E-state index contributed by atoms with van der Waals surface area (Å²) in [6.45, 7) is 7.22. The van der Waals surface area contributed by atoms with Crippen LogP contribution in [0.2, 0.25) is 0 Å². The average Bonchev–Trinajstić information content (AvgIpc) is 2.95. The number of aromatic nitrogens is 3. The van der Waals surface area contributed by atoms with Gasteiger partial charge in [0.15, 0.2) is 0 Å². The molecule has 1 heterocycles. The van der Waals surface area contributed by atoms with Crippen LogP contribution < -0.4 is 10.1 Å². The number of benzene rings is 1. The van der Waals surface area contributed by atoms with Crippen LogP contribution in [-0.2, 0) is 6.42 Å². The van der Waals surface area contributed by atoms with Crippen molar-refractivity contribution in [2.45, 2.75) is 39.3 Å². The van der Waals surface area contributed by atoms with Crippen molar-refractivity contribution >= 4 is 0 Å². The van der Waals surface area contributed by atoms with E-state index in [1.54, 1.807) is 13.4 Å². The molecule has 1 unspecified atom stereocenters. The molecular weight excluding hydrogens is 264 g/mol. The molecule has 0 aliphatic carbocycles. The molecule has 0 saturated heterocycles. The van der Waals surface area contributed by atoms with E-state index < -0.39 is 0 Å². The minimum absolute atomic E-state index is 0.160. The quantitative estimate of drug-likeness (QED) is 0.851. The number of nitrogens with one attached hydrogen (secondary N) is 1. The van der Waals surface area contributed by atoms with Crippen molar-refractivity contribution in [2.24, 2.45) is 0 Å². The third kappa shape index (κ3) is 3.61. The molecule has 0 fully saturated rings. The maximum atomic E-state index is 5.49. The van der Waals surface area contributed by atoms with Crippen molar-refractivity contribution in [1.29, 1.82) is 0 Å². The van der Waals surface area contributed by atoms with Crippen LogP contribution in [0, 0.1) is 0 Å². The minimum atomic E-state index is 0.160. The van der Waals surface area contributed by atoms with Gasteiger partial charge in [0.05, 0.1) is 7.11 Å². The van der Waals surface area contributed by atoms with Gasteiger partial charge in [0.2, 0.25) is 0 Å². The van der Waals surface area contributed by atoms with Crippen LogP contribution in [0.1, 0.15) is 44.2 Å². The number of likely N-dealkylation sites (N-methyl/N-ethyl adjacent to an activating group) is 1. The van der Waals surface area contributed by atoms with Crippen molar-refractivity contribution < 1.29 is 4.74 Å². The third-order valence-corrected chi connectivity index (χ3v) is 3.49. The highest BCUT2D eigenvalue weighted by Gasteiger charge is 2.19. The van der Waals surface area contributed by atoms with E-state index in [9.17, 15) is 0 Å². The molecule has 2 rings (SSSR count). The summed E-state index contributed by atoms with van der Waals surface area (Å²) in [5, 5.41) is 7.83. The summed E-state index contributed by atoms with van der Waals surface area (Å²) in [4.78, 5) is 4.41. The zero-order chi connectivity index (χ0) is 15.2. The van der Waals surface area contributed by atoms with E-state index in [1.165, 1.54) is 0 Å². The van der Waals surface area contributed by atoms with Gasteiger partial charge in [0.25, 0.3) is 0 Å². The van der Waals surface area contributed by atoms with Gasteiger partial charge >= 0.3 is 0 Å². The first-order valence-electron chi connectivity index (χ1n) is 7.42. The van der Waals surface area contributed by atoms with Crippen molar-refractivity contribution in [1.82, 2.24) is 20.1 Å². The monoisotopic (exact) mass is 288 g/mol. The predicted octanol–water partition coefficient (Wildman–Crippen LogP) is 2.76. The summed E-state index contributed by atoms with van der Waals surface area (Å²) < 4.78 is 7.46. The Hall–Kier alpha value is -1.88. The topological polar surface area (TPSA) is 52.0 Å². The fraction of sp³-hybridized carbons (Fsp3) is 0.500. The molecule has 5 nitrogen and oxygen atoms in total. The van der Waals surface area contributed by atoms with Gasteiger partial charge < -0.3 is 10.1 Å². The predicted molar refractivity (Wildman–Crippen MR) is 83.5 cm³/mol. The number of nitrogens with zero attached hydrogens (tertiary/aromatic N) is 3. The summed E-state index contributed by atoms with van der Waals surface area (Å²) in [6, 6.07) is 8.59. The number of hydrogen-bond donors (Lipinski definition) is 1. The zero-order valence-corrected chi connectivity index (χ0v) is 13.2. The van der Waals surface area contributed by atoms with Crippen LogP contribution in [0.15, 0.2) is 30.6 Å². The number of para-hydroxylation sites is 1. The number of hydrogen-bond acceptors (Lipinski definition) is 4. The van der Waals surface area contributed by atoms with E-state index in [-0.39, 0.29) is 6.04 Å². The number of ether oxygens (including phenoxy) is 1. The molecule has 0 bridgehead atoms. The average molecular weight is 288 g/mol. The second kappa shape index (κ2) is 7.22. The van der Waals surface area contributed by atoms with Crippen LogP contribution in [0.5, 0.6) is 5.75 Å². The van der Waals surface area contributed by atoms with Gasteiger partial charge in [-0.05, 0) is 26.5 Å². The Morgan fingerprint density at radius 2 is 2.05 bits per heavy atom. The van der Waals surface area contributed by atoms with Crippen molar-refractivity contribution in [3.63, 3.8) is 0 Å². The van der Waals surface area contributed by atoms with Gasteiger partial charge in [-0.25, -0.2) is 9.67 Å². The molecule has 1 aromatic carbocycles. The molecule has 0 saturated carbocycles. The molecule has 1 N–H and O–H groups in total. The first-order chi connectivity index (χ1) is 10.2. The van der Waals surface area contributed by atoms with Crippen LogP contribution in [0.25, 0.3) is 0 Å². The second-order valence-electron chi connectivity index (χ2n) is 5.27. The minimum Gasteiger partial charge on any atom is -0.496 e. The lowest BCUT2D eigenvalue weighted by Crippen LogP contribution is -2.25. The lowest BCUT2D eigenvalue weighted by atomic mass is 10.0. The van der Waals surface area contributed by atoms with Gasteiger partial charge in [-0.3, -0.25) is 0 Å².